The number of rotatable bonds is 5. The maximum absolute atomic E-state index is 13.2. The number of aromatic nitrogens is 3. The van der Waals surface area contributed by atoms with E-state index in [2.05, 4.69) is 27.4 Å². The molecule has 0 unspecified atom stereocenters. The molecule has 0 fully saturated rings. The van der Waals surface area contributed by atoms with Gasteiger partial charge in [0.2, 0.25) is 5.82 Å². The molecule has 6 nitrogen and oxygen atoms in total. The molecular weight excluding hydrogens is 347 g/mol. The Bertz CT molecular complexity index is 950. The molecule has 3 rings (SSSR count). The summed E-state index contributed by atoms with van der Waals surface area (Å²) in [5, 5.41) is 0. The summed E-state index contributed by atoms with van der Waals surface area (Å²) in [4.78, 5) is 19.6. The lowest BCUT2D eigenvalue weighted by Crippen LogP contribution is -2.38. The highest BCUT2D eigenvalue weighted by Gasteiger charge is 2.37. The van der Waals surface area contributed by atoms with Gasteiger partial charge in [0.05, 0.1) is 16.7 Å². The Morgan fingerprint density at radius 1 is 1.15 bits per heavy atom. The number of hydrogen-bond donors (Lipinski definition) is 2. The Balaban J connectivity index is 1.76. The first-order valence-corrected chi connectivity index (χ1v) is 7.53. The molecule has 0 bridgehead atoms. The Labute approximate surface area is 146 Å². The summed E-state index contributed by atoms with van der Waals surface area (Å²) in [6.45, 7) is 3.18. The molecule has 26 heavy (non-hydrogen) atoms. The third kappa shape index (κ3) is 3.66. The fourth-order valence-corrected chi connectivity index (χ4v) is 2.39. The fourth-order valence-electron chi connectivity index (χ4n) is 2.39. The van der Waals surface area contributed by atoms with Gasteiger partial charge in [0.1, 0.15) is 6.54 Å². The van der Waals surface area contributed by atoms with Crippen LogP contribution in [0.1, 0.15) is 11.4 Å². The lowest BCUT2D eigenvalue weighted by Gasteiger charge is -2.13. The van der Waals surface area contributed by atoms with Gasteiger partial charge in [-0.3, -0.25) is 20.6 Å². The van der Waals surface area contributed by atoms with Crippen LogP contribution in [0.4, 0.5) is 13.2 Å². The predicted molar refractivity (Wildman–Crippen MR) is 89.3 cm³/mol. The number of carbonyl (C=O) groups is 1. The number of hydrogen-bond acceptors (Lipinski definition) is 4. The molecule has 2 heterocycles. The average molecular weight is 361 g/mol. The highest BCUT2D eigenvalue weighted by molar-refractivity contribution is 5.81. The molecule has 0 spiro atoms. The van der Waals surface area contributed by atoms with Crippen LogP contribution in [0.15, 0.2) is 55.4 Å². The van der Waals surface area contributed by atoms with Gasteiger partial charge in [-0.25, -0.2) is 4.98 Å². The molecule has 0 saturated heterocycles. The van der Waals surface area contributed by atoms with Gasteiger partial charge in [0.15, 0.2) is 0 Å². The van der Waals surface area contributed by atoms with Gasteiger partial charge in [-0.1, -0.05) is 18.7 Å². The number of pyridine rings is 1. The molecule has 0 aliphatic carbocycles. The monoisotopic (exact) mass is 361 g/mol. The van der Waals surface area contributed by atoms with E-state index in [0.717, 1.165) is 4.57 Å². The minimum absolute atomic E-state index is 0.167. The Morgan fingerprint density at radius 2 is 1.92 bits per heavy atom. The van der Waals surface area contributed by atoms with Crippen molar-refractivity contribution in [1.29, 1.82) is 0 Å². The minimum Gasteiger partial charge on any atom is -0.311 e. The van der Waals surface area contributed by atoms with Crippen molar-refractivity contribution in [3.05, 3.63) is 66.8 Å². The van der Waals surface area contributed by atoms with Gasteiger partial charge >= 0.3 is 6.18 Å². The van der Waals surface area contributed by atoms with Crippen LogP contribution < -0.4 is 10.9 Å². The lowest BCUT2D eigenvalue weighted by molar-refractivity contribution is -0.147. The summed E-state index contributed by atoms with van der Waals surface area (Å²) in [5.74, 6) is -1.80. The third-order valence-electron chi connectivity index (χ3n) is 3.57. The van der Waals surface area contributed by atoms with E-state index >= 15 is 0 Å². The topological polar surface area (TPSA) is 71.8 Å². The molecule has 0 saturated carbocycles. The number of carbonyl (C=O) groups excluding carboxylic acids is 1. The number of halogens is 3. The SMILES string of the molecule is C=C(NNC(=O)Cn1c(C(F)(F)F)nc2ccccc21)c1cccnc1. The molecule has 0 atom stereocenters. The molecule has 0 radical (unpaired) electrons. The van der Waals surface area contributed by atoms with E-state index in [-0.39, 0.29) is 11.0 Å². The van der Waals surface area contributed by atoms with Gasteiger partial charge < -0.3 is 4.57 Å². The van der Waals surface area contributed by atoms with Crippen LogP contribution in [0.3, 0.4) is 0 Å². The molecular formula is C17H14F3N5O. The van der Waals surface area contributed by atoms with Crippen molar-refractivity contribution in [2.75, 3.05) is 0 Å². The number of nitrogens with zero attached hydrogens (tertiary/aromatic N) is 3. The maximum Gasteiger partial charge on any atom is 0.449 e. The van der Waals surface area contributed by atoms with Crippen molar-refractivity contribution in [1.82, 2.24) is 25.4 Å². The highest BCUT2D eigenvalue weighted by Crippen LogP contribution is 2.31. The first-order valence-electron chi connectivity index (χ1n) is 7.53. The standard InChI is InChI=1S/C17H14F3N5O/c1-11(12-5-4-8-21-9-12)23-24-15(26)10-25-14-7-3-2-6-13(14)22-16(25)17(18,19)20/h2-9,23H,1,10H2,(H,24,26). The summed E-state index contributed by atoms with van der Waals surface area (Å²) >= 11 is 0. The molecule has 1 aromatic carbocycles. The van der Waals surface area contributed by atoms with Crippen molar-refractivity contribution in [2.24, 2.45) is 0 Å². The summed E-state index contributed by atoms with van der Waals surface area (Å²) in [6, 6.07) is 9.52. The van der Waals surface area contributed by atoms with E-state index in [1.807, 2.05) is 0 Å². The number of imidazole rings is 1. The molecule has 0 aliphatic heterocycles. The van der Waals surface area contributed by atoms with E-state index in [9.17, 15) is 18.0 Å². The van der Waals surface area contributed by atoms with Gasteiger partial charge in [-0.05, 0) is 24.3 Å². The second-order valence-corrected chi connectivity index (χ2v) is 5.40. The minimum atomic E-state index is -4.67. The fraction of sp³-hybridized carbons (Fsp3) is 0.118. The van der Waals surface area contributed by atoms with Crippen molar-refractivity contribution in [3.8, 4) is 0 Å². The number of alkyl halides is 3. The summed E-state index contributed by atoms with van der Waals surface area (Å²) in [7, 11) is 0. The normalized spacial score (nSPS) is 11.3. The van der Waals surface area contributed by atoms with Crippen molar-refractivity contribution >= 4 is 22.6 Å². The second kappa shape index (κ2) is 6.87. The van der Waals surface area contributed by atoms with Crippen LogP contribution >= 0.6 is 0 Å². The average Bonchev–Trinajstić information content (AvgIpc) is 2.99. The van der Waals surface area contributed by atoms with Gasteiger partial charge in [-0.15, -0.1) is 0 Å². The quantitative estimate of drug-likeness (QED) is 0.686. The zero-order valence-corrected chi connectivity index (χ0v) is 13.4. The second-order valence-electron chi connectivity index (χ2n) is 5.40. The first-order chi connectivity index (χ1) is 12.4. The molecule has 1 amide bonds. The van der Waals surface area contributed by atoms with Crippen LogP contribution in [-0.4, -0.2) is 20.4 Å². The van der Waals surface area contributed by atoms with E-state index in [1.54, 1.807) is 30.5 Å². The first kappa shape index (κ1) is 17.5. The van der Waals surface area contributed by atoms with Crippen LogP contribution in [-0.2, 0) is 17.5 Å². The Morgan fingerprint density at radius 3 is 2.62 bits per heavy atom. The van der Waals surface area contributed by atoms with E-state index in [1.165, 1.54) is 18.3 Å². The van der Waals surface area contributed by atoms with Gasteiger partial charge in [0.25, 0.3) is 5.91 Å². The number of hydrazine groups is 1. The Kier molecular flexibility index (Phi) is 4.61. The third-order valence-corrected chi connectivity index (χ3v) is 3.57. The van der Waals surface area contributed by atoms with E-state index < -0.39 is 24.5 Å². The summed E-state index contributed by atoms with van der Waals surface area (Å²) in [6.07, 6.45) is -1.56. The number of fused-ring (bicyclic) bond motifs is 1. The van der Waals surface area contributed by atoms with Gasteiger partial charge in [0, 0.05) is 18.0 Å². The number of nitrogens with one attached hydrogen (secondary N) is 2. The summed E-state index contributed by atoms with van der Waals surface area (Å²) < 4.78 is 40.5. The summed E-state index contributed by atoms with van der Waals surface area (Å²) in [5.41, 5.74) is 6.28. The van der Waals surface area contributed by atoms with Crippen LogP contribution in [0.5, 0.6) is 0 Å². The van der Waals surface area contributed by atoms with E-state index in [4.69, 9.17) is 0 Å². The molecule has 0 aliphatic rings. The van der Waals surface area contributed by atoms with Crippen LogP contribution in [0.25, 0.3) is 16.7 Å². The largest absolute Gasteiger partial charge is 0.449 e. The van der Waals surface area contributed by atoms with Crippen molar-refractivity contribution < 1.29 is 18.0 Å². The van der Waals surface area contributed by atoms with E-state index in [0.29, 0.717) is 11.3 Å². The maximum atomic E-state index is 13.2. The molecule has 134 valence electrons. The molecule has 2 N–H and O–H groups in total. The smallest absolute Gasteiger partial charge is 0.311 e. The van der Waals surface area contributed by atoms with Crippen molar-refractivity contribution in [3.63, 3.8) is 0 Å². The molecule has 3 aromatic rings. The zero-order valence-electron chi connectivity index (χ0n) is 13.4. The van der Waals surface area contributed by atoms with Crippen LogP contribution in [0.2, 0.25) is 0 Å². The predicted octanol–water partition coefficient (Wildman–Crippen LogP) is 2.74. The van der Waals surface area contributed by atoms with Gasteiger partial charge in [-0.2, -0.15) is 13.2 Å². The van der Waals surface area contributed by atoms with Crippen LogP contribution in [0, 0.1) is 0 Å². The molecule has 9 heteroatoms. The lowest BCUT2D eigenvalue weighted by atomic mass is 10.2. The Hall–Kier alpha value is -3.36. The number of benzene rings is 1. The van der Waals surface area contributed by atoms with Crippen molar-refractivity contribution in [2.45, 2.75) is 12.7 Å². The zero-order chi connectivity index (χ0) is 18.7. The number of amides is 1. The highest BCUT2D eigenvalue weighted by atomic mass is 19.4. The number of para-hydroxylation sites is 2. The molecule has 2 aromatic heterocycles.